The molecule has 136 valence electrons. The van der Waals surface area contributed by atoms with E-state index in [9.17, 15) is 0 Å². The highest BCUT2D eigenvalue weighted by atomic mass is 32.2. The summed E-state index contributed by atoms with van der Waals surface area (Å²) in [5.74, 6) is 1.70. The van der Waals surface area contributed by atoms with E-state index in [0.29, 0.717) is 0 Å². The first kappa shape index (κ1) is 16.4. The lowest BCUT2D eigenvalue weighted by Crippen LogP contribution is -1.98. The van der Waals surface area contributed by atoms with Crippen LogP contribution in [0.3, 0.4) is 0 Å². The van der Waals surface area contributed by atoms with Crippen LogP contribution in [0.5, 0.6) is 5.75 Å². The molecule has 1 aromatic carbocycles. The Hall–Kier alpha value is -2.73. The third-order valence-electron chi connectivity index (χ3n) is 4.75. The number of rotatable bonds is 6. The second-order valence-electron chi connectivity index (χ2n) is 7.00. The first-order valence-corrected chi connectivity index (χ1v) is 9.93. The zero-order valence-electron chi connectivity index (χ0n) is 15.1. The Kier molecular flexibility index (Phi) is 4.13. The van der Waals surface area contributed by atoms with Gasteiger partial charge in [-0.25, -0.2) is 4.98 Å². The zero-order chi connectivity index (χ0) is 18.2. The number of aromatic amines is 1. The number of benzene rings is 1. The van der Waals surface area contributed by atoms with Crippen LogP contribution in [-0.4, -0.2) is 26.4 Å². The molecular formula is C21H20N4OS. The van der Waals surface area contributed by atoms with Crippen LogP contribution in [0, 0.1) is 5.92 Å². The predicted molar refractivity (Wildman–Crippen MR) is 107 cm³/mol. The number of nitrogens with zero attached hydrogens (tertiary/aromatic N) is 3. The largest absolute Gasteiger partial charge is 0.493 e. The Morgan fingerprint density at radius 2 is 2.15 bits per heavy atom. The van der Waals surface area contributed by atoms with Crippen LogP contribution in [0.1, 0.15) is 12.8 Å². The number of fused-ring (bicyclic) bond motifs is 1. The molecule has 4 aromatic rings. The first-order valence-electron chi connectivity index (χ1n) is 9.11. The van der Waals surface area contributed by atoms with Gasteiger partial charge in [0.2, 0.25) is 0 Å². The van der Waals surface area contributed by atoms with Crippen molar-refractivity contribution in [1.82, 2.24) is 19.7 Å². The smallest absolute Gasteiger partial charge is 0.137 e. The molecule has 0 unspecified atom stereocenters. The number of hydrogen-bond donors (Lipinski definition) is 1. The molecule has 1 N–H and O–H groups in total. The van der Waals surface area contributed by atoms with Gasteiger partial charge in [0.05, 0.1) is 12.8 Å². The number of nitrogens with one attached hydrogen (secondary N) is 1. The zero-order valence-corrected chi connectivity index (χ0v) is 15.9. The molecule has 0 aliphatic heterocycles. The fourth-order valence-electron chi connectivity index (χ4n) is 3.10. The van der Waals surface area contributed by atoms with Gasteiger partial charge in [0.15, 0.2) is 0 Å². The minimum atomic E-state index is 0.757. The van der Waals surface area contributed by atoms with Crippen LogP contribution in [0.4, 0.5) is 0 Å². The van der Waals surface area contributed by atoms with Gasteiger partial charge in [0, 0.05) is 51.9 Å². The third-order valence-corrected chi connectivity index (χ3v) is 5.69. The fourth-order valence-corrected chi connectivity index (χ4v) is 3.98. The van der Waals surface area contributed by atoms with E-state index < -0.39 is 0 Å². The van der Waals surface area contributed by atoms with E-state index in [1.165, 1.54) is 12.8 Å². The molecule has 0 spiro atoms. The van der Waals surface area contributed by atoms with Crippen molar-refractivity contribution in [1.29, 1.82) is 0 Å². The molecule has 1 aliphatic carbocycles. The molecule has 5 nitrogen and oxygen atoms in total. The van der Waals surface area contributed by atoms with Crippen molar-refractivity contribution < 1.29 is 4.74 Å². The summed E-state index contributed by atoms with van der Waals surface area (Å²) in [7, 11) is 1.93. The summed E-state index contributed by atoms with van der Waals surface area (Å²) in [5.41, 5.74) is 3.09. The standard InChI is InChI=1S/C21H20N4OS/c1-25-12-15(9-24-25)20-11-23-21-19(20)8-18(10-22-21)27-17-4-2-3-16(7-17)26-13-14-5-6-14/h2-4,7-12,14H,5-6,13H2,1H3,(H,22,23). The third kappa shape index (κ3) is 3.57. The molecule has 6 heteroatoms. The Labute approximate surface area is 161 Å². The summed E-state index contributed by atoms with van der Waals surface area (Å²) in [5, 5.41) is 5.38. The van der Waals surface area contributed by atoms with Gasteiger partial charge in [-0.1, -0.05) is 17.8 Å². The number of aromatic nitrogens is 4. The quantitative estimate of drug-likeness (QED) is 0.520. The fraction of sp³-hybridized carbons (Fsp3) is 0.238. The van der Waals surface area contributed by atoms with Crippen LogP contribution in [0.2, 0.25) is 0 Å². The molecule has 0 bridgehead atoms. The molecule has 1 fully saturated rings. The number of pyridine rings is 1. The topological polar surface area (TPSA) is 55.7 Å². The van der Waals surface area contributed by atoms with Gasteiger partial charge in [-0.05, 0) is 43.0 Å². The van der Waals surface area contributed by atoms with Crippen molar-refractivity contribution in [3.05, 3.63) is 55.1 Å². The normalized spacial score (nSPS) is 14.0. The van der Waals surface area contributed by atoms with Crippen molar-refractivity contribution in [2.45, 2.75) is 22.6 Å². The van der Waals surface area contributed by atoms with Crippen molar-refractivity contribution >= 4 is 22.8 Å². The molecule has 0 saturated heterocycles. The van der Waals surface area contributed by atoms with E-state index in [4.69, 9.17) is 4.74 Å². The molecule has 0 radical (unpaired) electrons. The van der Waals surface area contributed by atoms with E-state index in [2.05, 4.69) is 33.3 Å². The minimum Gasteiger partial charge on any atom is -0.493 e. The maximum Gasteiger partial charge on any atom is 0.137 e. The second kappa shape index (κ2) is 6.78. The van der Waals surface area contributed by atoms with E-state index in [-0.39, 0.29) is 0 Å². The maximum atomic E-state index is 5.90. The highest BCUT2D eigenvalue weighted by molar-refractivity contribution is 7.99. The molecule has 3 heterocycles. The molecule has 3 aromatic heterocycles. The summed E-state index contributed by atoms with van der Waals surface area (Å²) in [6, 6.07) is 10.5. The predicted octanol–water partition coefficient (Wildman–Crippen LogP) is 4.90. The maximum absolute atomic E-state index is 5.90. The van der Waals surface area contributed by atoms with Crippen molar-refractivity contribution in [3.63, 3.8) is 0 Å². The average Bonchev–Trinajstić information content (AvgIpc) is 3.27. The Morgan fingerprint density at radius 1 is 1.22 bits per heavy atom. The lowest BCUT2D eigenvalue weighted by Gasteiger charge is -2.07. The van der Waals surface area contributed by atoms with Crippen LogP contribution < -0.4 is 4.74 Å². The number of H-pyrrole nitrogens is 1. The SMILES string of the molecule is Cn1cc(-c2c[nH]c3ncc(Sc4cccc(OCC5CC5)c4)cc23)cn1. The van der Waals surface area contributed by atoms with Gasteiger partial charge in [0.25, 0.3) is 0 Å². The van der Waals surface area contributed by atoms with Crippen molar-refractivity contribution in [3.8, 4) is 16.9 Å². The molecule has 0 amide bonds. The van der Waals surface area contributed by atoms with Crippen molar-refractivity contribution in [2.24, 2.45) is 13.0 Å². The van der Waals surface area contributed by atoms with Crippen LogP contribution in [-0.2, 0) is 7.05 Å². The molecule has 0 atom stereocenters. The molecule has 1 aliphatic rings. The Bertz CT molecular complexity index is 1100. The summed E-state index contributed by atoms with van der Waals surface area (Å²) < 4.78 is 7.72. The highest BCUT2D eigenvalue weighted by Gasteiger charge is 2.21. The van der Waals surface area contributed by atoms with Gasteiger partial charge in [-0.3, -0.25) is 4.68 Å². The first-order chi connectivity index (χ1) is 13.2. The Morgan fingerprint density at radius 3 is 2.96 bits per heavy atom. The average molecular weight is 376 g/mol. The monoisotopic (exact) mass is 376 g/mol. The summed E-state index contributed by atoms with van der Waals surface area (Å²) in [6.07, 6.45) is 10.4. The van der Waals surface area contributed by atoms with E-state index in [1.807, 2.05) is 48.6 Å². The number of ether oxygens (including phenoxy) is 1. The second-order valence-corrected chi connectivity index (χ2v) is 8.15. The van der Waals surface area contributed by atoms with E-state index >= 15 is 0 Å². The van der Waals surface area contributed by atoms with E-state index in [1.54, 1.807) is 11.8 Å². The lowest BCUT2D eigenvalue weighted by atomic mass is 10.1. The van der Waals surface area contributed by atoms with Gasteiger partial charge >= 0.3 is 0 Å². The summed E-state index contributed by atoms with van der Waals surface area (Å²) in [6.45, 7) is 0.833. The summed E-state index contributed by atoms with van der Waals surface area (Å²) in [4.78, 5) is 10.1. The van der Waals surface area contributed by atoms with E-state index in [0.717, 1.165) is 50.2 Å². The molecule has 1 saturated carbocycles. The molecule has 27 heavy (non-hydrogen) atoms. The van der Waals surface area contributed by atoms with Crippen LogP contribution in [0.15, 0.2) is 64.9 Å². The highest BCUT2D eigenvalue weighted by Crippen LogP contribution is 2.35. The minimum absolute atomic E-state index is 0.757. The van der Waals surface area contributed by atoms with Crippen molar-refractivity contribution in [2.75, 3.05) is 6.61 Å². The number of aryl methyl sites for hydroxylation is 1. The Balaban J connectivity index is 1.41. The van der Waals surface area contributed by atoms with Crippen LogP contribution >= 0.6 is 11.8 Å². The summed E-state index contributed by atoms with van der Waals surface area (Å²) >= 11 is 1.70. The molecule has 5 rings (SSSR count). The van der Waals surface area contributed by atoms with Gasteiger partial charge in [-0.2, -0.15) is 5.10 Å². The van der Waals surface area contributed by atoms with Crippen LogP contribution in [0.25, 0.3) is 22.2 Å². The molecular weight excluding hydrogens is 356 g/mol. The number of hydrogen-bond acceptors (Lipinski definition) is 4. The van der Waals surface area contributed by atoms with Gasteiger partial charge in [-0.15, -0.1) is 0 Å². The lowest BCUT2D eigenvalue weighted by molar-refractivity contribution is 0.299. The van der Waals surface area contributed by atoms with Gasteiger partial charge in [0.1, 0.15) is 11.4 Å². The van der Waals surface area contributed by atoms with Gasteiger partial charge < -0.3 is 9.72 Å².